The second kappa shape index (κ2) is 6.98. The minimum Gasteiger partial charge on any atom is -0.351 e. The Labute approximate surface area is 137 Å². The van der Waals surface area contributed by atoms with Crippen LogP contribution in [-0.2, 0) is 6.54 Å². The van der Waals surface area contributed by atoms with Gasteiger partial charge in [-0.25, -0.2) is 4.98 Å². The molecule has 0 saturated heterocycles. The van der Waals surface area contributed by atoms with Crippen LogP contribution in [-0.4, -0.2) is 26.7 Å². The highest BCUT2D eigenvalue weighted by molar-refractivity contribution is 5.91. The van der Waals surface area contributed by atoms with Crippen molar-refractivity contribution in [3.8, 4) is 0 Å². The predicted octanol–water partition coefficient (Wildman–Crippen LogP) is 3.23. The Hall–Kier alpha value is -2.11. The van der Waals surface area contributed by atoms with E-state index in [4.69, 9.17) is 4.52 Å². The Morgan fingerprint density at radius 3 is 2.74 bits per heavy atom. The Balaban J connectivity index is 2.09. The van der Waals surface area contributed by atoms with Crippen molar-refractivity contribution in [2.75, 3.05) is 0 Å². The molecule has 0 spiro atoms. The van der Waals surface area contributed by atoms with Crippen LogP contribution in [0.15, 0.2) is 29.3 Å². The maximum atomic E-state index is 12.5. The maximum Gasteiger partial charge on any atom is 0.290 e. The lowest BCUT2D eigenvalue weighted by atomic mass is 9.86. The highest BCUT2D eigenvalue weighted by atomic mass is 16.5. The zero-order valence-electron chi connectivity index (χ0n) is 14.5. The van der Waals surface area contributed by atoms with Crippen LogP contribution in [0.1, 0.15) is 63.2 Å². The Morgan fingerprint density at radius 2 is 2.17 bits per heavy atom. The number of imidazole rings is 1. The maximum absolute atomic E-state index is 12.5. The van der Waals surface area contributed by atoms with Crippen molar-refractivity contribution in [3.63, 3.8) is 0 Å². The molecule has 126 valence electrons. The molecule has 23 heavy (non-hydrogen) atoms. The highest BCUT2D eigenvalue weighted by Gasteiger charge is 2.28. The summed E-state index contributed by atoms with van der Waals surface area (Å²) in [4.78, 5) is 16.5. The van der Waals surface area contributed by atoms with Gasteiger partial charge >= 0.3 is 0 Å². The van der Waals surface area contributed by atoms with E-state index in [2.05, 4.69) is 50.1 Å². The fraction of sp³-hybridized carbons (Fsp3) is 0.588. The van der Waals surface area contributed by atoms with Gasteiger partial charge in [0.1, 0.15) is 0 Å². The lowest BCUT2D eigenvalue weighted by Gasteiger charge is -2.31. The summed E-state index contributed by atoms with van der Waals surface area (Å²) in [6.07, 6.45) is 6.33. The molecule has 2 aromatic heterocycles. The first-order chi connectivity index (χ1) is 10.8. The number of hydrogen-bond donors (Lipinski definition) is 1. The van der Waals surface area contributed by atoms with E-state index in [1.54, 1.807) is 18.6 Å². The van der Waals surface area contributed by atoms with Gasteiger partial charge in [0.25, 0.3) is 5.91 Å². The first kappa shape index (κ1) is 17.2. The zero-order chi connectivity index (χ0) is 17.0. The van der Waals surface area contributed by atoms with E-state index in [1.807, 2.05) is 10.8 Å². The van der Waals surface area contributed by atoms with E-state index in [0.29, 0.717) is 6.54 Å². The molecule has 0 saturated carbocycles. The van der Waals surface area contributed by atoms with Crippen LogP contribution in [0.5, 0.6) is 0 Å². The molecule has 1 amide bonds. The molecular formula is C17H26N4O2. The predicted molar refractivity (Wildman–Crippen MR) is 88.1 cm³/mol. The molecule has 0 aliphatic heterocycles. The molecule has 0 radical (unpaired) electrons. The molecule has 6 nitrogen and oxygen atoms in total. The summed E-state index contributed by atoms with van der Waals surface area (Å²) in [7, 11) is 0. The lowest BCUT2D eigenvalue weighted by molar-refractivity contribution is 0.0855. The average molecular weight is 318 g/mol. The largest absolute Gasteiger partial charge is 0.351 e. The fourth-order valence-electron chi connectivity index (χ4n) is 2.21. The first-order valence-corrected chi connectivity index (χ1v) is 8.04. The van der Waals surface area contributed by atoms with Crippen LogP contribution in [0.3, 0.4) is 0 Å². The quantitative estimate of drug-likeness (QED) is 0.887. The minimum atomic E-state index is -0.230. The Morgan fingerprint density at radius 1 is 1.43 bits per heavy atom. The van der Waals surface area contributed by atoms with Crippen molar-refractivity contribution < 1.29 is 9.32 Å². The van der Waals surface area contributed by atoms with E-state index in [9.17, 15) is 4.79 Å². The highest BCUT2D eigenvalue weighted by Crippen LogP contribution is 2.22. The summed E-state index contributed by atoms with van der Waals surface area (Å²) < 4.78 is 7.18. The van der Waals surface area contributed by atoms with Gasteiger partial charge in [0.2, 0.25) is 5.76 Å². The first-order valence-electron chi connectivity index (χ1n) is 8.04. The van der Waals surface area contributed by atoms with Gasteiger partial charge in [0, 0.05) is 30.9 Å². The smallest absolute Gasteiger partial charge is 0.290 e. The fourth-order valence-corrected chi connectivity index (χ4v) is 2.21. The van der Waals surface area contributed by atoms with Gasteiger partial charge in [-0.15, -0.1) is 0 Å². The van der Waals surface area contributed by atoms with Crippen molar-refractivity contribution in [1.82, 2.24) is 20.0 Å². The number of hydrogen-bond acceptors (Lipinski definition) is 4. The molecule has 0 bridgehead atoms. The van der Waals surface area contributed by atoms with Crippen LogP contribution < -0.4 is 5.32 Å². The third-order valence-electron chi connectivity index (χ3n) is 4.17. The standard InChI is InChI=1S/C17H26N4O2/c1-6-12(2)13-9-14(23-20-13)16(22)19-15(17(3,4)5)10-21-8-7-18-11-21/h7-9,11-12,15H,6,10H2,1-5H3,(H,19,22)/t12-,15-/m1/s1. The average Bonchev–Trinajstić information content (AvgIpc) is 3.16. The molecule has 0 unspecified atom stereocenters. The minimum absolute atomic E-state index is 0.0543. The van der Waals surface area contributed by atoms with E-state index in [1.165, 1.54) is 0 Å². The number of amides is 1. The van der Waals surface area contributed by atoms with Crippen LogP contribution >= 0.6 is 0 Å². The van der Waals surface area contributed by atoms with Gasteiger partial charge < -0.3 is 14.4 Å². The van der Waals surface area contributed by atoms with Gasteiger partial charge in [-0.2, -0.15) is 0 Å². The molecule has 1 N–H and O–H groups in total. The molecule has 6 heteroatoms. The van der Waals surface area contributed by atoms with Gasteiger partial charge in [-0.1, -0.05) is 39.8 Å². The van der Waals surface area contributed by atoms with Crippen LogP contribution in [0.2, 0.25) is 0 Å². The lowest BCUT2D eigenvalue weighted by Crippen LogP contribution is -2.46. The molecule has 2 atom stereocenters. The molecule has 2 heterocycles. The topological polar surface area (TPSA) is 73.0 Å². The van der Waals surface area contributed by atoms with Crippen LogP contribution in [0, 0.1) is 5.41 Å². The summed E-state index contributed by atoms with van der Waals surface area (Å²) in [6, 6.07) is 1.68. The van der Waals surface area contributed by atoms with Crippen molar-refractivity contribution >= 4 is 5.91 Å². The Bertz CT molecular complexity index is 625. The summed E-state index contributed by atoms with van der Waals surface area (Å²) in [5, 5.41) is 7.06. The molecule has 2 rings (SSSR count). The van der Waals surface area contributed by atoms with Crippen molar-refractivity contribution in [2.45, 2.75) is 59.5 Å². The SMILES string of the molecule is CC[C@@H](C)c1cc(C(=O)N[C@H](Cn2ccnc2)C(C)(C)C)on1. The van der Waals surface area contributed by atoms with Gasteiger partial charge in [0.05, 0.1) is 18.1 Å². The van der Waals surface area contributed by atoms with E-state index >= 15 is 0 Å². The van der Waals surface area contributed by atoms with Crippen LogP contribution in [0.4, 0.5) is 0 Å². The van der Waals surface area contributed by atoms with Crippen molar-refractivity contribution in [3.05, 3.63) is 36.2 Å². The van der Waals surface area contributed by atoms with Gasteiger partial charge in [-0.3, -0.25) is 4.79 Å². The molecule has 0 aliphatic rings. The number of nitrogens with one attached hydrogen (secondary N) is 1. The van der Waals surface area contributed by atoms with Crippen LogP contribution in [0.25, 0.3) is 0 Å². The van der Waals surface area contributed by atoms with Crippen molar-refractivity contribution in [2.24, 2.45) is 5.41 Å². The monoisotopic (exact) mass is 318 g/mol. The number of nitrogens with zero attached hydrogens (tertiary/aromatic N) is 3. The number of carbonyl (C=O) groups is 1. The second-order valence-corrected chi connectivity index (χ2v) is 7.08. The summed E-state index contributed by atoms with van der Waals surface area (Å²) in [5.74, 6) is 0.317. The normalized spacial score (nSPS) is 14.5. The summed E-state index contributed by atoms with van der Waals surface area (Å²) in [6.45, 7) is 11.1. The number of rotatable bonds is 6. The number of carbonyl (C=O) groups excluding carboxylic acids is 1. The zero-order valence-corrected chi connectivity index (χ0v) is 14.5. The molecule has 0 fully saturated rings. The summed E-state index contributed by atoms with van der Waals surface area (Å²) in [5.41, 5.74) is 0.721. The molecule has 2 aromatic rings. The van der Waals surface area contributed by atoms with Gasteiger partial charge in [-0.05, 0) is 11.8 Å². The van der Waals surface area contributed by atoms with Gasteiger partial charge in [0.15, 0.2) is 0 Å². The third-order valence-corrected chi connectivity index (χ3v) is 4.17. The van der Waals surface area contributed by atoms with E-state index in [-0.39, 0.29) is 29.0 Å². The van der Waals surface area contributed by atoms with E-state index < -0.39 is 0 Å². The Kier molecular flexibility index (Phi) is 5.23. The molecule has 0 aromatic carbocycles. The third kappa shape index (κ3) is 4.43. The van der Waals surface area contributed by atoms with Crippen molar-refractivity contribution in [1.29, 1.82) is 0 Å². The van der Waals surface area contributed by atoms with E-state index in [0.717, 1.165) is 12.1 Å². The molecule has 0 aliphatic carbocycles. The second-order valence-electron chi connectivity index (χ2n) is 7.08. The number of aromatic nitrogens is 3. The molecular weight excluding hydrogens is 292 g/mol. The summed E-state index contributed by atoms with van der Waals surface area (Å²) >= 11 is 0.